The van der Waals surface area contributed by atoms with E-state index < -0.39 is 11.7 Å². The number of halogens is 5. The average Bonchev–Trinajstić information content (AvgIpc) is 2.63. The van der Waals surface area contributed by atoms with Gasteiger partial charge in [-0.05, 0) is 40.8 Å². The minimum absolute atomic E-state index is 0.0172. The highest BCUT2D eigenvalue weighted by atomic mass is 127. The summed E-state index contributed by atoms with van der Waals surface area (Å²) in [6.45, 7) is 0. The molecule has 1 aromatic carbocycles. The molecule has 0 aliphatic carbocycles. The van der Waals surface area contributed by atoms with Crippen LogP contribution in [0.5, 0.6) is 0 Å². The second-order valence-electron chi connectivity index (χ2n) is 3.26. The Morgan fingerprint density at radius 1 is 1.29 bits per heavy atom. The van der Waals surface area contributed by atoms with Gasteiger partial charge in [0.15, 0.2) is 0 Å². The molecule has 0 spiro atoms. The van der Waals surface area contributed by atoms with Crippen LogP contribution >= 0.6 is 38.5 Å². The first-order valence-electron chi connectivity index (χ1n) is 4.45. The lowest BCUT2D eigenvalue weighted by molar-refractivity contribution is -0.137. The molecule has 17 heavy (non-hydrogen) atoms. The molecular weight excluding hydrogens is 412 g/mol. The van der Waals surface area contributed by atoms with Gasteiger partial charge < -0.3 is 0 Å². The highest BCUT2D eigenvalue weighted by Crippen LogP contribution is 2.35. The summed E-state index contributed by atoms with van der Waals surface area (Å²) in [7, 11) is 0. The Morgan fingerprint density at radius 2 is 2.00 bits per heavy atom. The third kappa shape index (κ3) is 2.82. The van der Waals surface area contributed by atoms with Crippen molar-refractivity contribution in [2.45, 2.75) is 6.18 Å². The fourth-order valence-electron chi connectivity index (χ4n) is 1.37. The fraction of sp³-hybridized carbons (Fsp3) is 0.100. The summed E-state index contributed by atoms with van der Waals surface area (Å²) in [5.41, 5.74) is -0.699. The molecule has 0 saturated heterocycles. The van der Waals surface area contributed by atoms with E-state index in [1.54, 1.807) is 12.3 Å². The van der Waals surface area contributed by atoms with E-state index in [9.17, 15) is 13.2 Å². The van der Waals surface area contributed by atoms with E-state index in [0.29, 0.717) is 4.47 Å². The van der Waals surface area contributed by atoms with Gasteiger partial charge in [0.05, 0.1) is 21.0 Å². The Morgan fingerprint density at radius 3 is 2.53 bits per heavy atom. The molecule has 0 N–H and O–H groups in total. The monoisotopic (exact) mass is 416 g/mol. The van der Waals surface area contributed by atoms with Gasteiger partial charge in [-0.3, -0.25) is 0 Å². The second kappa shape index (κ2) is 4.60. The van der Waals surface area contributed by atoms with Gasteiger partial charge in [0.2, 0.25) is 0 Å². The Labute approximate surface area is 117 Å². The van der Waals surface area contributed by atoms with Crippen molar-refractivity contribution in [3.63, 3.8) is 0 Å². The van der Waals surface area contributed by atoms with Crippen molar-refractivity contribution in [3.8, 4) is 5.69 Å². The van der Waals surface area contributed by atoms with Crippen molar-refractivity contribution in [2.75, 3.05) is 0 Å². The van der Waals surface area contributed by atoms with Crippen molar-refractivity contribution in [3.05, 3.63) is 44.2 Å². The van der Waals surface area contributed by atoms with Gasteiger partial charge in [-0.15, -0.1) is 0 Å². The lowest BCUT2D eigenvalue weighted by Crippen LogP contribution is -2.11. The third-order valence-corrected chi connectivity index (χ3v) is 3.11. The smallest absolute Gasteiger partial charge is 0.239 e. The normalized spacial score (nSPS) is 11.8. The molecule has 1 aromatic heterocycles. The molecule has 0 aliphatic heterocycles. The molecule has 0 amide bonds. The van der Waals surface area contributed by atoms with Gasteiger partial charge in [0.1, 0.15) is 0 Å². The highest BCUT2D eigenvalue weighted by molar-refractivity contribution is 14.1. The van der Waals surface area contributed by atoms with Crippen LogP contribution in [-0.4, -0.2) is 9.78 Å². The van der Waals surface area contributed by atoms with Gasteiger partial charge in [-0.1, -0.05) is 15.9 Å². The number of alkyl halides is 3. The molecule has 1 heterocycles. The molecule has 0 aliphatic rings. The number of nitrogens with zero attached hydrogens (tertiary/aromatic N) is 2. The zero-order chi connectivity index (χ0) is 12.6. The zero-order valence-corrected chi connectivity index (χ0v) is 11.9. The van der Waals surface area contributed by atoms with Crippen molar-refractivity contribution in [2.24, 2.45) is 0 Å². The Hall–Kier alpha value is -0.570. The lowest BCUT2D eigenvalue weighted by atomic mass is 10.1. The van der Waals surface area contributed by atoms with Gasteiger partial charge in [-0.25, -0.2) is 4.68 Å². The van der Waals surface area contributed by atoms with Gasteiger partial charge in [0, 0.05) is 10.7 Å². The first-order valence-corrected chi connectivity index (χ1v) is 6.32. The van der Waals surface area contributed by atoms with Crippen molar-refractivity contribution >= 4 is 38.5 Å². The maximum atomic E-state index is 12.9. The number of benzene rings is 1. The Balaban J connectivity index is 2.61. The van der Waals surface area contributed by atoms with E-state index in [1.807, 2.05) is 22.6 Å². The third-order valence-electron chi connectivity index (χ3n) is 2.06. The number of hydrogen-bond donors (Lipinski definition) is 0. The average molecular weight is 417 g/mol. The molecule has 0 fully saturated rings. The summed E-state index contributed by atoms with van der Waals surface area (Å²) in [4.78, 5) is 0. The van der Waals surface area contributed by atoms with Crippen molar-refractivity contribution < 1.29 is 13.2 Å². The predicted molar refractivity (Wildman–Crippen MR) is 69.0 cm³/mol. The van der Waals surface area contributed by atoms with E-state index in [2.05, 4.69) is 21.0 Å². The largest absolute Gasteiger partial charge is 0.418 e. The summed E-state index contributed by atoms with van der Waals surface area (Å²) < 4.78 is 41.0. The van der Waals surface area contributed by atoms with Gasteiger partial charge in [0.25, 0.3) is 0 Å². The molecule has 0 saturated carbocycles. The van der Waals surface area contributed by atoms with E-state index in [1.165, 1.54) is 16.9 Å². The molecular formula is C10H5BrF3IN2. The quantitative estimate of drug-likeness (QED) is 0.635. The van der Waals surface area contributed by atoms with Crippen LogP contribution in [0.1, 0.15) is 5.56 Å². The van der Waals surface area contributed by atoms with Crippen LogP contribution in [0.3, 0.4) is 0 Å². The number of rotatable bonds is 1. The molecule has 90 valence electrons. The van der Waals surface area contributed by atoms with Crippen LogP contribution in [0, 0.1) is 3.57 Å². The fourth-order valence-corrected chi connectivity index (χ4v) is 2.12. The topological polar surface area (TPSA) is 17.8 Å². The molecule has 2 aromatic rings. The standard InChI is InChI=1S/C10H5BrF3IN2/c11-6-1-2-9(8(3-6)10(12,13)14)17-5-7(15)4-16-17/h1-5H. The van der Waals surface area contributed by atoms with E-state index >= 15 is 0 Å². The number of hydrogen-bond acceptors (Lipinski definition) is 1. The Bertz CT molecular complexity index is 551. The van der Waals surface area contributed by atoms with Crippen LogP contribution < -0.4 is 0 Å². The van der Waals surface area contributed by atoms with E-state index in [0.717, 1.165) is 9.64 Å². The molecule has 0 bridgehead atoms. The van der Waals surface area contributed by atoms with Crippen LogP contribution in [0.25, 0.3) is 5.69 Å². The molecule has 0 atom stereocenters. The highest BCUT2D eigenvalue weighted by Gasteiger charge is 2.34. The molecule has 2 rings (SSSR count). The minimum atomic E-state index is -4.41. The van der Waals surface area contributed by atoms with Crippen molar-refractivity contribution in [1.82, 2.24) is 9.78 Å². The molecule has 0 unspecified atom stereocenters. The zero-order valence-electron chi connectivity index (χ0n) is 8.17. The van der Waals surface area contributed by atoms with Crippen LogP contribution in [-0.2, 0) is 6.18 Å². The summed E-state index contributed by atoms with van der Waals surface area (Å²) in [6, 6.07) is 3.99. The first kappa shape index (κ1) is 12.9. The molecule has 0 radical (unpaired) electrons. The molecule has 7 heteroatoms. The van der Waals surface area contributed by atoms with E-state index in [4.69, 9.17) is 0 Å². The van der Waals surface area contributed by atoms with Gasteiger partial charge in [-0.2, -0.15) is 18.3 Å². The summed E-state index contributed by atoms with van der Waals surface area (Å²) >= 11 is 5.03. The predicted octanol–water partition coefficient (Wildman–Crippen LogP) is 4.26. The SMILES string of the molecule is FC(F)(F)c1cc(Br)ccc1-n1cc(I)cn1. The minimum Gasteiger partial charge on any atom is -0.239 e. The lowest BCUT2D eigenvalue weighted by Gasteiger charge is -2.13. The molecule has 2 nitrogen and oxygen atoms in total. The Kier molecular flexibility index (Phi) is 3.48. The first-order chi connectivity index (χ1) is 7.88. The van der Waals surface area contributed by atoms with Crippen LogP contribution in [0.2, 0.25) is 0 Å². The van der Waals surface area contributed by atoms with Crippen molar-refractivity contribution in [1.29, 1.82) is 0 Å². The number of aromatic nitrogens is 2. The maximum Gasteiger partial charge on any atom is 0.418 e. The summed E-state index contributed by atoms with van der Waals surface area (Å²) in [5, 5.41) is 3.88. The summed E-state index contributed by atoms with van der Waals surface area (Å²) in [6.07, 6.45) is -1.36. The van der Waals surface area contributed by atoms with Gasteiger partial charge >= 0.3 is 6.18 Å². The maximum absolute atomic E-state index is 12.9. The second-order valence-corrected chi connectivity index (χ2v) is 5.42. The van der Waals surface area contributed by atoms with E-state index in [-0.39, 0.29) is 5.69 Å². The summed E-state index contributed by atoms with van der Waals surface area (Å²) in [5.74, 6) is 0. The van der Waals surface area contributed by atoms with Crippen LogP contribution in [0.4, 0.5) is 13.2 Å². The van der Waals surface area contributed by atoms with Crippen LogP contribution in [0.15, 0.2) is 35.1 Å².